The van der Waals surface area contributed by atoms with E-state index >= 15 is 0 Å². The van der Waals surface area contributed by atoms with E-state index in [0.29, 0.717) is 21.6 Å². The number of Topliss-reactive ketones (excluding diaryl/α,β-unsaturated/α-hetero) is 1. The van der Waals surface area contributed by atoms with Crippen LogP contribution in [0.15, 0.2) is 76.7 Å². The number of benzene rings is 3. The molecule has 0 amide bonds. The van der Waals surface area contributed by atoms with Crippen molar-refractivity contribution in [3.63, 3.8) is 0 Å². The first-order chi connectivity index (χ1) is 14.7. The van der Waals surface area contributed by atoms with Crippen LogP contribution in [0.25, 0.3) is 21.7 Å². The molecule has 1 fully saturated rings. The number of carbonyl (C=O) groups excluding carboxylic acids is 1. The second-order valence-corrected chi connectivity index (χ2v) is 8.74. The SMILES string of the molecule is O=C(CSc1nc2ccccc2c(=O)n1C1CCCC1)c1ccc2ccccc2c1. The second kappa shape index (κ2) is 8.07. The van der Waals surface area contributed by atoms with Gasteiger partial charge in [-0.2, -0.15) is 0 Å². The average molecular weight is 415 g/mol. The van der Waals surface area contributed by atoms with E-state index in [9.17, 15) is 9.59 Å². The van der Waals surface area contributed by atoms with Crippen molar-refractivity contribution < 1.29 is 4.79 Å². The zero-order valence-electron chi connectivity index (χ0n) is 16.6. The van der Waals surface area contributed by atoms with Gasteiger partial charge in [0.1, 0.15) is 0 Å². The maximum Gasteiger partial charge on any atom is 0.262 e. The summed E-state index contributed by atoms with van der Waals surface area (Å²) in [7, 11) is 0. The summed E-state index contributed by atoms with van der Waals surface area (Å²) in [4.78, 5) is 30.9. The zero-order chi connectivity index (χ0) is 20.5. The van der Waals surface area contributed by atoms with Gasteiger partial charge in [0.2, 0.25) is 0 Å². The summed E-state index contributed by atoms with van der Waals surface area (Å²) in [5.41, 5.74) is 1.39. The van der Waals surface area contributed by atoms with Gasteiger partial charge in [0.15, 0.2) is 10.9 Å². The first-order valence-electron chi connectivity index (χ1n) is 10.4. The van der Waals surface area contributed by atoms with Crippen LogP contribution in [0.1, 0.15) is 42.1 Å². The van der Waals surface area contributed by atoms with E-state index in [-0.39, 0.29) is 23.1 Å². The van der Waals surface area contributed by atoms with E-state index in [0.717, 1.165) is 36.5 Å². The Morgan fingerprint density at radius 1 is 0.967 bits per heavy atom. The van der Waals surface area contributed by atoms with Gasteiger partial charge in [-0.05, 0) is 41.8 Å². The molecule has 0 bridgehead atoms. The molecule has 0 atom stereocenters. The van der Waals surface area contributed by atoms with Crippen molar-refractivity contribution in [3.8, 4) is 0 Å². The van der Waals surface area contributed by atoms with Gasteiger partial charge in [-0.3, -0.25) is 14.2 Å². The van der Waals surface area contributed by atoms with E-state index in [1.165, 1.54) is 11.8 Å². The molecule has 0 radical (unpaired) electrons. The smallest absolute Gasteiger partial charge is 0.262 e. The maximum atomic E-state index is 13.2. The van der Waals surface area contributed by atoms with Crippen molar-refractivity contribution in [3.05, 3.63) is 82.6 Å². The molecule has 4 aromatic rings. The van der Waals surface area contributed by atoms with Gasteiger partial charge in [-0.1, -0.05) is 73.1 Å². The van der Waals surface area contributed by atoms with Crippen molar-refractivity contribution in [1.82, 2.24) is 9.55 Å². The zero-order valence-corrected chi connectivity index (χ0v) is 17.4. The topological polar surface area (TPSA) is 52.0 Å². The molecule has 0 unspecified atom stereocenters. The predicted octanol–water partition coefficient (Wildman–Crippen LogP) is 5.64. The molecular formula is C25H22N2O2S. The Balaban J connectivity index is 1.47. The summed E-state index contributed by atoms with van der Waals surface area (Å²) in [6.45, 7) is 0. The summed E-state index contributed by atoms with van der Waals surface area (Å²) in [5, 5.41) is 3.47. The minimum absolute atomic E-state index is 0.00755. The Hall–Kier alpha value is -2.92. The molecule has 0 N–H and O–H groups in total. The molecule has 0 aliphatic heterocycles. The number of thioether (sulfide) groups is 1. The Morgan fingerprint density at radius 3 is 2.53 bits per heavy atom. The third-order valence-electron chi connectivity index (χ3n) is 5.87. The fourth-order valence-corrected chi connectivity index (χ4v) is 5.25. The van der Waals surface area contributed by atoms with Crippen LogP contribution in [0, 0.1) is 0 Å². The standard InChI is InChI=1S/C25H22N2O2S/c28-23(19-14-13-17-7-1-2-8-18(17)15-19)16-30-25-26-22-12-6-5-11-21(22)24(29)27(25)20-9-3-4-10-20/h1-2,5-8,11-15,20H,3-4,9-10,16H2. The molecule has 1 aromatic heterocycles. The van der Waals surface area contributed by atoms with Gasteiger partial charge in [0.05, 0.1) is 16.7 Å². The summed E-state index contributed by atoms with van der Waals surface area (Å²) in [6, 6.07) is 21.5. The fraction of sp³-hybridized carbons (Fsp3) is 0.240. The van der Waals surface area contributed by atoms with E-state index in [1.807, 2.05) is 71.3 Å². The highest BCUT2D eigenvalue weighted by atomic mass is 32.2. The number of para-hydroxylation sites is 1. The highest BCUT2D eigenvalue weighted by Gasteiger charge is 2.23. The lowest BCUT2D eigenvalue weighted by atomic mass is 10.1. The van der Waals surface area contributed by atoms with Crippen LogP contribution in [-0.4, -0.2) is 21.1 Å². The molecule has 0 spiro atoms. The molecule has 150 valence electrons. The van der Waals surface area contributed by atoms with Crippen molar-refractivity contribution in [1.29, 1.82) is 0 Å². The second-order valence-electron chi connectivity index (χ2n) is 7.80. The van der Waals surface area contributed by atoms with Crippen molar-refractivity contribution in [2.45, 2.75) is 36.9 Å². The highest BCUT2D eigenvalue weighted by molar-refractivity contribution is 7.99. The van der Waals surface area contributed by atoms with E-state index in [2.05, 4.69) is 0 Å². The number of ketones is 1. The monoisotopic (exact) mass is 414 g/mol. The van der Waals surface area contributed by atoms with Crippen LogP contribution < -0.4 is 5.56 Å². The molecule has 1 aliphatic carbocycles. The molecule has 3 aromatic carbocycles. The Morgan fingerprint density at radius 2 is 1.70 bits per heavy atom. The normalized spacial score (nSPS) is 14.5. The number of hydrogen-bond donors (Lipinski definition) is 0. The molecular weight excluding hydrogens is 392 g/mol. The van der Waals surface area contributed by atoms with Gasteiger partial charge in [0, 0.05) is 11.6 Å². The lowest BCUT2D eigenvalue weighted by Gasteiger charge is -2.18. The van der Waals surface area contributed by atoms with Crippen molar-refractivity contribution in [2.24, 2.45) is 0 Å². The number of fused-ring (bicyclic) bond motifs is 2. The average Bonchev–Trinajstić information content (AvgIpc) is 3.31. The number of hydrogen-bond acceptors (Lipinski definition) is 4. The van der Waals surface area contributed by atoms with E-state index < -0.39 is 0 Å². The van der Waals surface area contributed by atoms with Crippen LogP contribution in [0.5, 0.6) is 0 Å². The lowest BCUT2D eigenvalue weighted by molar-refractivity contribution is 0.102. The van der Waals surface area contributed by atoms with Crippen LogP contribution in [0.4, 0.5) is 0 Å². The van der Waals surface area contributed by atoms with Crippen molar-refractivity contribution >= 4 is 39.2 Å². The number of carbonyl (C=O) groups is 1. The molecule has 1 aliphatic rings. The van der Waals surface area contributed by atoms with Gasteiger partial charge in [-0.15, -0.1) is 0 Å². The Kier molecular flexibility index (Phi) is 5.13. The van der Waals surface area contributed by atoms with Gasteiger partial charge < -0.3 is 0 Å². The Bertz CT molecular complexity index is 1310. The lowest BCUT2D eigenvalue weighted by Crippen LogP contribution is -2.26. The van der Waals surface area contributed by atoms with Gasteiger partial charge in [-0.25, -0.2) is 4.98 Å². The molecule has 1 heterocycles. The molecule has 5 rings (SSSR count). The molecule has 0 saturated heterocycles. The predicted molar refractivity (Wildman–Crippen MR) is 123 cm³/mol. The summed E-state index contributed by atoms with van der Waals surface area (Å²) >= 11 is 1.37. The highest BCUT2D eigenvalue weighted by Crippen LogP contribution is 2.32. The maximum absolute atomic E-state index is 13.2. The van der Waals surface area contributed by atoms with Crippen LogP contribution in [0.2, 0.25) is 0 Å². The number of rotatable bonds is 5. The number of aromatic nitrogens is 2. The quantitative estimate of drug-likeness (QED) is 0.241. The third kappa shape index (κ3) is 3.54. The first-order valence-corrected chi connectivity index (χ1v) is 11.4. The summed E-state index contributed by atoms with van der Waals surface area (Å²) in [5.74, 6) is 0.307. The Labute approximate surface area is 178 Å². The molecule has 4 nitrogen and oxygen atoms in total. The van der Waals surface area contributed by atoms with E-state index in [4.69, 9.17) is 4.98 Å². The minimum atomic E-state index is 0.00755. The molecule has 30 heavy (non-hydrogen) atoms. The van der Waals surface area contributed by atoms with E-state index in [1.54, 1.807) is 0 Å². The molecule has 5 heteroatoms. The van der Waals surface area contributed by atoms with Crippen LogP contribution in [0.3, 0.4) is 0 Å². The molecule has 1 saturated carbocycles. The summed E-state index contributed by atoms with van der Waals surface area (Å²) < 4.78 is 1.84. The fourth-order valence-electron chi connectivity index (χ4n) is 4.29. The van der Waals surface area contributed by atoms with Gasteiger partial charge >= 0.3 is 0 Å². The number of nitrogens with zero attached hydrogens (tertiary/aromatic N) is 2. The third-order valence-corrected chi connectivity index (χ3v) is 6.82. The first kappa shape index (κ1) is 19.1. The van der Waals surface area contributed by atoms with Gasteiger partial charge in [0.25, 0.3) is 5.56 Å². The van der Waals surface area contributed by atoms with Crippen LogP contribution in [-0.2, 0) is 0 Å². The van der Waals surface area contributed by atoms with Crippen molar-refractivity contribution in [2.75, 3.05) is 5.75 Å². The van der Waals surface area contributed by atoms with Crippen LogP contribution >= 0.6 is 11.8 Å². The minimum Gasteiger partial charge on any atom is -0.293 e. The summed E-state index contributed by atoms with van der Waals surface area (Å²) in [6.07, 6.45) is 4.24. The largest absolute Gasteiger partial charge is 0.293 e.